The summed E-state index contributed by atoms with van der Waals surface area (Å²) in [7, 11) is -0.896. The molecule has 0 spiro atoms. The van der Waals surface area contributed by atoms with Crippen LogP contribution in [-0.2, 0) is 14.8 Å². The molecule has 1 N–H and O–H groups in total. The Balaban J connectivity index is 2.14. The fourth-order valence-electron chi connectivity index (χ4n) is 3.37. The maximum atomic E-state index is 12.0. The number of nitrogens with one attached hydrogen (secondary N) is 1. The molecule has 138 valence electrons. The van der Waals surface area contributed by atoms with Crippen LogP contribution in [0.4, 0.5) is 4.79 Å². The van der Waals surface area contributed by atoms with Crippen LogP contribution in [0.1, 0.15) is 38.3 Å². The molecule has 26 heavy (non-hydrogen) atoms. The average Bonchev–Trinajstić information content (AvgIpc) is 2.63. The summed E-state index contributed by atoms with van der Waals surface area (Å²) in [6.45, 7) is 7.03. The third-order valence-corrected chi connectivity index (χ3v) is 6.03. The van der Waals surface area contributed by atoms with Gasteiger partial charge in [-0.1, -0.05) is 81.4 Å². The molecule has 1 amide bonds. The van der Waals surface area contributed by atoms with E-state index in [9.17, 15) is 4.79 Å². The standard InChI is InChI=1S/C21H27NO3Si/c1-20(2,3)26-25-21(16-10-6-4-7-11-16,17-12-8-5-9-13-17)18-14-15-24-19(23)22-18/h4-13,18H,14-15,26H2,1-3H3,(H,22,23)/t18-/m0/s1. The zero-order valence-corrected chi connectivity index (χ0v) is 17.1. The molecule has 0 saturated carbocycles. The van der Waals surface area contributed by atoms with E-state index < -0.39 is 15.4 Å². The van der Waals surface area contributed by atoms with Gasteiger partial charge >= 0.3 is 6.09 Å². The third kappa shape index (κ3) is 4.00. The van der Waals surface area contributed by atoms with E-state index in [1.165, 1.54) is 0 Å². The highest BCUT2D eigenvalue weighted by Gasteiger charge is 2.46. The van der Waals surface area contributed by atoms with Crippen molar-refractivity contribution in [1.29, 1.82) is 0 Å². The number of amides is 1. The maximum absolute atomic E-state index is 12.0. The lowest BCUT2D eigenvalue weighted by Gasteiger charge is -2.44. The van der Waals surface area contributed by atoms with Gasteiger partial charge in [-0.2, -0.15) is 0 Å². The molecule has 3 rings (SSSR count). The lowest BCUT2D eigenvalue weighted by molar-refractivity contribution is 0.0267. The predicted molar refractivity (Wildman–Crippen MR) is 106 cm³/mol. The van der Waals surface area contributed by atoms with Crippen molar-refractivity contribution in [2.75, 3.05) is 6.61 Å². The number of hydrogen-bond donors (Lipinski definition) is 1. The van der Waals surface area contributed by atoms with Gasteiger partial charge in [-0.25, -0.2) is 4.79 Å². The number of rotatable bonds is 5. The van der Waals surface area contributed by atoms with E-state index in [0.717, 1.165) is 11.1 Å². The van der Waals surface area contributed by atoms with Crippen molar-refractivity contribution in [2.45, 2.75) is 43.9 Å². The van der Waals surface area contributed by atoms with Crippen molar-refractivity contribution in [3.63, 3.8) is 0 Å². The van der Waals surface area contributed by atoms with Crippen LogP contribution in [-0.4, -0.2) is 28.5 Å². The van der Waals surface area contributed by atoms with Gasteiger partial charge in [0.2, 0.25) is 0 Å². The summed E-state index contributed by atoms with van der Waals surface area (Å²) < 4.78 is 11.9. The monoisotopic (exact) mass is 369 g/mol. The summed E-state index contributed by atoms with van der Waals surface area (Å²) >= 11 is 0. The van der Waals surface area contributed by atoms with Crippen LogP contribution in [0.25, 0.3) is 0 Å². The molecule has 1 aliphatic rings. The number of hydrogen-bond acceptors (Lipinski definition) is 3. The topological polar surface area (TPSA) is 47.6 Å². The Hall–Kier alpha value is -2.11. The molecule has 1 heterocycles. The molecule has 2 aromatic rings. The Bertz CT molecular complexity index is 688. The highest BCUT2D eigenvalue weighted by molar-refractivity contribution is 6.32. The van der Waals surface area contributed by atoms with E-state index in [0.29, 0.717) is 13.0 Å². The van der Waals surface area contributed by atoms with Gasteiger partial charge in [0.05, 0.1) is 12.6 Å². The molecule has 1 aliphatic heterocycles. The summed E-state index contributed by atoms with van der Waals surface area (Å²) in [5.41, 5.74) is 1.42. The minimum Gasteiger partial charge on any atom is -0.449 e. The fourth-order valence-corrected chi connectivity index (χ4v) is 4.56. The third-order valence-electron chi connectivity index (χ3n) is 4.56. The van der Waals surface area contributed by atoms with Crippen molar-refractivity contribution < 1.29 is 14.0 Å². The summed E-state index contributed by atoms with van der Waals surface area (Å²) in [5, 5.41) is 3.16. The van der Waals surface area contributed by atoms with Crippen molar-refractivity contribution >= 4 is 15.9 Å². The molecule has 0 aromatic heterocycles. The molecule has 2 aromatic carbocycles. The maximum Gasteiger partial charge on any atom is 0.407 e. The van der Waals surface area contributed by atoms with Gasteiger partial charge in [0.25, 0.3) is 0 Å². The van der Waals surface area contributed by atoms with Gasteiger partial charge in [0.1, 0.15) is 5.60 Å². The average molecular weight is 370 g/mol. The van der Waals surface area contributed by atoms with Crippen LogP contribution >= 0.6 is 0 Å². The summed E-state index contributed by atoms with van der Waals surface area (Å²) in [6.07, 6.45) is 0.326. The SMILES string of the molecule is CC(C)(C)[SiH2]OC(c1ccccc1)(c1ccccc1)[C@@H]1CCOC(=O)N1. The number of benzene rings is 2. The van der Waals surface area contributed by atoms with E-state index in [1.54, 1.807) is 0 Å². The van der Waals surface area contributed by atoms with Crippen molar-refractivity contribution in [3.8, 4) is 0 Å². The highest BCUT2D eigenvalue weighted by atomic mass is 28.2. The van der Waals surface area contributed by atoms with Crippen molar-refractivity contribution in [3.05, 3.63) is 71.8 Å². The van der Waals surface area contributed by atoms with Crippen molar-refractivity contribution in [2.24, 2.45) is 0 Å². The fraction of sp³-hybridized carbons (Fsp3) is 0.381. The van der Waals surface area contributed by atoms with E-state index in [-0.39, 0.29) is 17.2 Å². The normalized spacial score (nSPS) is 18.6. The first-order valence-corrected chi connectivity index (χ1v) is 10.4. The zero-order valence-electron chi connectivity index (χ0n) is 15.7. The largest absolute Gasteiger partial charge is 0.449 e. The number of ether oxygens (including phenoxy) is 1. The Morgan fingerprint density at radius 2 is 1.54 bits per heavy atom. The molecule has 4 nitrogen and oxygen atoms in total. The lowest BCUT2D eigenvalue weighted by Crippen LogP contribution is -2.56. The van der Waals surface area contributed by atoms with Crippen LogP contribution in [0.5, 0.6) is 0 Å². The summed E-state index contributed by atoms with van der Waals surface area (Å²) in [6, 6.07) is 20.3. The number of carbonyl (C=O) groups excluding carboxylic acids is 1. The van der Waals surface area contributed by atoms with E-state index in [4.69, 9.17) is 9.16 Å². The Morgan fingerprint density at radius 3 is 2.00 bits per heavy atom. The molecule has 1 atom stereocenters. The van der Waals surface area contributed by atoms with E-state index in [1.807, 2.05) is 36.4 Å². The molecule has 0 unspecified atom stereocenters. The first-order valence-electron chi connectivity index (χ1n) is 9.10. The van der Waals surface area contributed by atoms with E-state index in [2.05, 4.69) is 50.4 Å². The summed E-state index contributed by atoms with van der Waals surface area (Å²) in [5.74, 6) is 0. The second-order valence-electron chi connectivity index (χ2n) is 7.94. The Morgan fingerprint density at radius 1 is 1.00 bits per heavy atom. The molecule has 0 aliphatic carbocycles. The van der Waals surface area contributed by atoms with E-state index >= 15 is 0 Å². The number of carbonyl (C=O) groups is 1. The first kappa shape index (κ1) is 18.7. The van der Waals surface area contributed by atoms with Crippen LogP contribution in [0.3, 0.4) is 0 Å². The number of cyclic esters (lactones) is 1. The molecule has 1 fully saturated rings. The first-order chi connectivity index (χ1) is 12.4. The van der Waals surface area contributed by atoms with Gasteiger partial charge in [0, 0.05) is 6.42 Å². The lowest BCUT2D eigenvalue weighted by atomic mass is 9.78. The molecule has 0 radical (unpaired) electrons. The molecule has 5 heteroatoms. The van der Waals surface area contributed by atoms with Gasteiger partial charge in [-0.3, -0.25) is 0 Å². The smallest absolute Gasteiger partial charge is 0.407 e. The van der Waals surface area contributed by atoms with Crippen LogP contribution in [0.15, 0.2) is 60.7 Å². The molecular formula is C21H27NO3Si. The van der Waals surface area contributed by atoms with Crippen LogP contribution < -0.4 is 5.32 Å². The Labute approximate surface area is 157 Å². The molecular weight excluding hydrogens is 342 g/mol. The predicted octanol–water partition coefficient (Wildman–Crippen LogP) is 3.75. The second kappa shape index (κ2) is 7.64. The second-order valence-corrected chi connectivity index (χ2v) is 10.6. The van der Waals surface area contributed by atoms with Crippen LogP contribution in [0.2, 0.25) is 5.04 Å². The minimum absolute atomic E-state index is 0.129. The van der Waals surface area contributed by atoms with Gasteiger partial charge in [-0.15, -0.1) is 0 Å². The quantitative estimate of drug-likeness (QED) is 0.817. The molecule has 0 bridgehead atoms. The minimum atomic E-state index is -0.896. The van der Waals surface area contributed by atoms with Gasteiger partial charge < -0.3 is 14.5 Å². The zero-order chi connectivity index (χ0) is 18.6. The summed E-state index contributed by atoms with van der Waals surface area (Å²) in [4.78, 5) is 12.0. The molecule has 1 saturated heterocycles. The highest BCUT2D eigenvalue weighted by Crippen LogP contribution is 2.40. The van der Waals surface area contributed by atoms with Gasteiger partial charge in [-0.05, 0) is 16.2 Å². The van der Waals surface area contributed by atoms with Crippen molar-refractivity contribution in [1.82, 2.24) is 5.32 Å². The van der Waals surface area contributed by atoms with Gasteiger partial charge in [0.15, 0.2) is 9.76 Å². The van der Waals surface area contributed by atoms with Crippen LogP contribution in [0, 0.1) is 0 Å². The Kier molecular flexibility index (Phi) is 5.49. The number of alkyl carbamates (subject to hydrolysis) is 1.